The minimum absolute atomic E-state index is 0.162. The Hall–Kier alpha value is -0.670. The van der Waals surface area contributed by atoms with E-state index in [0.717, 1.165) is 24.4 Å². The highest BCUT2D eigenvalue weighted by Crippen LogP contribution is 2.29. The summed E-state index contributed by atoms with van der Waals surface area (Å²) in [5.74, 6) is 1.23. The Labute approximate surface area is 171 Å². The first-order valence-corrected chi connectivity index (χ1v) is 12.1. The summed E-state index contributed by atoms with van der Waals surface area (Å²) in [5, 5.41) is 0. The van der Waals surface area contributed by atoms with E-state index in [1.165, 1.54) is 10.7 Å². The molecule has 0 bridgehead atoms. The Balaban J connectivity index is 1.59. The third-order valence-electron chi connectivity index (χ3n) is 5.50. The van der Waals surface area contributed by atoms with E-state index in [9.17, 15) is 13.2 Å². The monoisotopic (exact) mass is 433 g/mol. The van der Waals surface area contributed by atoms with E-state index >= 15 is 0 Å². The first-order chi connectivity index (χ1) is 12.7. The second kappa shape index (κ2) is 8.37. The fraction of sp³-hybridized carbons (Fsp3) is 0.722. The minimum atomic E-state index is -3.50. The number of hydrogen-bond acceptors (Lipinski definition) is 5. The zero-order valence-corrected chi connectivity index (χ0v) is 18.5. The van der Waals surface area contributed by atoms with Gasteiger partial charge in [-0.3, -0.25) is 9.69 Å². The molecule has 3 heterocycles. The fourth-order valence-corrected chi connectivity index (χ4v) is 7.22. The minimum Gasteiger partial charge on any atom is -0.341 e. The Kier molecular flexibility index (Phi) is 6.52. The van der Waals surface area contributed by atoms with Crippen molar-refractivity contribution in [3.63, 3.8) is 0 Å². The van der Waals surface area contributed by atoms with E-state index in [2.05, 4.69) is 18.7 Å². The van der Waals surface area contributed by atoms with E-state index in [0.29, 0.717) is 42.4 Å². The van der Waals surface area contributed by atoms with Crippen molar-refractivity contribution in [1.29, 1.82) is 0 Å². The van der Waals surface area contributed by atoms with Crippen LogP contribution in [-0.2, 0) is 14.8 Å². The molecule has 2 aliphatic heterocycles. The molecule has 1 aromatic heterocycles. The van der Waals surface area contributed by atoms with Gasteiger partial charge in [0.15, 0.2) is 0 Å². The van der Waals surface area contributed by atoms with Gasteiger partial charge in [0.2, 0.25) is 5.91 Å². The van der Waals surface area contributed by atoms with Crippen LogP contribution >= 0.6 is 22.9 Å². The predicted molar refractivity (Wildman–Crippen MR) is 109 cm³/mol. The number of nitrogens with zero attached hydrogens (tertiary/aromatic N) is 3. The SMILES string of the molecule is C[C@@H]1C[C@H](C)CN(C(=O)[C@H](C)N2CCN(S(=O)(=O)c3ccc(Cl)s3)CC2)C1. The van der Waals surface area contributed by atoms with Crippen molar-refractivity contribution in [1.82, 2.24) is 14.1 Å². The van der Waals surface area contributed by atoms with E-state index in [1.807, 2.05) is 11.8 Å². The molecule has 0 spiro atoms. The number of piperazine rings is 1. The van der Waals surface area contributed by atoms with Crippen LogP contribution in [0.2, 0.25) is 4.34 Å². The topological polar surface area (TPSA) is 60.9 Å². The van der Waals surface area contributed by atoms with Crippen LogP contribution in [0.1, 0.15) is 27.2 Å². The summed E-state index contributed by atoms with van der Waals surface area (Å²) < 4.78 is 27.7. The first kappa shape index (κ1) is 21.0. The van der Waals surface area contributed by atoms with Crippen LogP contribution in [0.25, 0.3) is 0 Å². The van der Waals surface area contributed by atoms with Crippen molar-refractivity contribution in [3.05, 3.63) is 16.5 Å². The van der Waals surface area contributed by atoms with Gasteiger partial charge in [0, 0.05) is 39.3 Å². The molecule has 0 N–H and O–H groups in total. The number of carbonyl (C=O) groups excluding carboxylic acids is 1. The van der Waals surface area contributed by atoms with Gasteiger partial charge < -0.3 is 4.90 Å². The quantitative estimate of drug-likeness (QED) is 0.732. The van der Waals surface area contributed by atoms with Gasteiger partial charge in [-0.05, 0) is 37.3 Å². The second-order valence-electron chi connectivity index (χ2n) is 7.86. The lowest BCUT2D eigenvalue weighted by molar-refractivity contribution is -0.139. The fourth-order valence-electron chi connectivity index (χ4n) is 4.16. The molecule has 3 atom stereocenters. The number of halogens is 1. The van der Waals surface area contributed by atoms with Gasteiger partial charge in [-0.15, -0.1) is 11.3 Å². The Morgan fingerprint density at radius 1 is 1.15 bits per heavy atom. The van der Waals surface area contributed by atoms with Crippen molar-refractivity contribution in [3.8, 4) is 0 Å². The molecule has 0 unspecified atom stereocenters. The van der Waals surface area contributed by atoms with Crippen LogP contribution in [0.4, 0.5) is 0 Å². The van der Waals surface area contributed by atoms with Crippen molar-refractivity contribution in [2.75, 3.05) is 39.3 Å². The lowest BCUT2D eigenvalue weighted by atomic mass is 9.91. The number of likely N-dealkylation sites (tertiary alicyclic amines) is 1. The molecule has 27 heavy (non-hydrogen) atoms. The Morgan fingerprint density at radius 2 is 1.74 bits per heavy atom. The van der Waals surface area contributed by atoms with E-state index < -0.39 is 10.0 Å². The maximum atomic E-state index is 12.9. The van der Waals surface area contributed by atoms with Crippen LogP contribution < -0.4 is 0 Å². The normalized spacial score (nSPS) is 26.9. The summed E-state index contributed by atoms with van der Waals surface area (Å²) in [6.07, 6.45) is 1.17. The molecule has 0 saturated carbocycles. The second-order valence-corrected chi connectivity index (χ2v) is 11.7. The van der Waals surface area contributed by atoms with Gasteiger partial charge in [0.25, 0.3) is 10.0 Å². The lowest BCUT2D eigenvalue weighted by Gasteiger charge is -2.41. The van der Waals surface area contributed by atoms with E-state index in [1.54, 1.807) is 12.1 Å². The number of carbonyl (C=O) groups is 1. The van der Waals surface area contributed by atoms with Crippen molar-refractivity contribution in [2.24, 2.45) is 11.8 Å². The third kappa shape index (κ3) is 4.67. The number of hydrogen-bond donors (Lipinski definition) is 0. The van der Waals surface area contributed by atoms with Gasteiger partial charge in [-0.25, -0.2) is 8.42 Å². The smallest absolute Gasteiger partial charge is 0.252 e. The number of amides is 1. The summed E-state index contributed by atoms with van der Waals surface area (Å²) in [6, 6.07) is 2.94. The summed E-state index contributed by atoms with van der Waals surface area (Å²) in [4.78, 5) is 17.0. The third-order valence-corrected chi connectivity index (χ3v) is 9.10. The zero-order valence-electron chi connectivity index (χ0n) is 16.1. The van der Waals surface area contributed by atoms with Crippen LogP contribution in [0.3, 0.4) is 0 Å². The van der Waals surface area contributed by atoms with Gasteiger partial charge in [-0.1, -0.05) is 25.4 Å². The lowest BCUT2D eigenvalue weighted by Crippen LogP contribution is -2.56. The molecule has 0 aromatic carbocycles. The van der Waals surface area contributed by atoms with E-state index in [-0.39, 0.29) is 16.2 Å². The molecule has 0 radical (unpaired) electrons. The summed E-state index contributed by atoms with van der Waals surface area (Å²) >= 11 is 6.97. The van der Waals surface area contributed by atoms with Crippen LogP contribution in [0.5, 0.6) is 0 Å². The molecule has 0 aliphatic carbocycles. The Morgan fingerprint density at radius 3 is 2.26 bits per heavy atom. The molecule has 1 aromatic rings. The van der Waals surface area contributed by atoms with Gasteiger partial charge in [-0.2, -0.15) is 4.31 Å². The van der Waals surface area contributed by atoms with E-state index in [4.69, 9.17) is 11.6 Å². The summed E-state index contributed by atoms with van der Waals surface area (Å²) in [7, 11) is -3.50. The Bertz CT molecular complexity index is 765. The zero-order chi connectivity index (χ0) is 19.8. The molecule has 9 heteroatoms. The molecule has 2 saturated heterocycles. The largest absolute Gasteiger partial charge is 0.341 e. The molecule has 2 fully saturated rings. The number of thiophene rings is 1. The van der Waals surface area contributed by atoms with Crippen LogP contribution in [0.15, 0.2) is 16.3 Å². The average Bonchev–Trinajstić information content (AvgIpc) is 3.07. The maximum Gasteiger partial charge on any atom is 0.252 e. The number of rotatable bonds is 4. The predicted octanol–water partition coefficient (Wildman–Crippen LogP) is 2.60. The highest BCUT2D eigenvalue weighted by Gasteiger charge is 2.35. The molecular formula is C18H28ClN3O3S2. The maximum absolute atomic E-state index is 12.9. The van der Waals surface area contributed by atoms with Gasteiger partial charge in [0.05, 0.1) is 10.4 Å². The molecular weight excluding hydrogens is 406 g/mol. The highest BCUT2D eigenvalue weighted by molar-refractivity contribution is 7.91. The molecule has 152 valence electrons. The first-order valence-electron chi connectivity index (χ1n) is 9.46. The molecule has 3 rings (SSSR count). The van der Waals surface area contributed by atoms with Crippen molar-refractivity contribution >= 4 is 38.9 Å². The van der Waals surface area contributed by atoms with Crippen LogP contribution in [-0.4, -0.2) is 73.7 Å². The van der Waals surface area contributed by atoms with Gasteiger partial charge in [0.1, 0.15) is 4.21 Å². The average molecular weight is 434 g/mol. The molecule has 2 aliphatic rings. The molecule has 6 nitrogen and oxygen atoms in total. The number of sulfonamides is 1. The summed E-state index contributed by atoms with van der Waals surface area (Å²) in [6.45, 7) is 9.87. The molecule has 1 amide bonds. The number of piperidine rings is 1. The standard InChI is InChI=1S/C18H28ClN3O3S2/c1-13-10-14(2)12-21(11-13)18(23)15(3)20-6-8-22(9-7-20)27(24,25)17-5-4-16(19)26-17/h4-5,13-15H,6-12H2,1-3H3/t13-,14+,15-/m0/s1. The summed E-state index contributed by atoms with van der Waals surface area (Å²) in [5.41, 5.74) is 0. The van der Waals surface area contributed by atoms with Crippen molar-refractivity contribution < 1.29 is 13.2 Å². The van der Waals surface area contributed by atoms with Gasteiger partial charge >= 0.3 is 0 Å². The van der Waals surface area contributed by atoms with Crippen molar-refractivity contribution in [2.45, 2.75) is 37.4 Å². The highest BCUT2D eigenvalue weighted by atomic mass is 35.5. The van der Waals surface area contributed by atoms with Crippen LogP contribution in [0, 0.1) is 11.8 Å².